The third kappa shape index (κ3) is 3.56. The molecular weight excluding hydrogens is 344 g/mol. The molecule has 1 heterocycles. The smallest absolute Gasteiger partial charge is 0.326 e. The first-order chi connectivity index (χ1) is 13.0. The fraction of sp³-hybridized carbons (Fsp3) is 0.286. The molecule has 2 amide bonds. The number of carbonyl (C=O) groups excluding carboxylic acids is 2. The molecule has 1 aliphatic carbocycles. The lowest BCUT2D eigenvalue weighted by Gasteiger charge is -2.34. The number of amides is 2. The van der Waals surface area contributed by atoms with Crippen LogP contribution in [0.1, 0.15) is 44.7 Å². The summed E-state index contributed by atoms with van der Waals surface area (Å²) >= 11 is 0. The molecule has 0 saturated heterocycles. The lowest BCUT2D eigenvalue weighted by Crippen LogP contribution is -2.48. The molecule has 4 rings (SSSR count). The fourth-order valence-corrected chi connectivity index (χ4v) is 3.38. The van der Waals surface area contributed by atoms with Gasteiger partial charge < -0.3 is 15.3 Å². The fourth-order valence-electron chi connectivity index (χ4n) is 3.38. The van der Waals surface area contributed by atoms with Gasteiger partial charge in [0.25, 0.3) is 11.8 Å². The molecule has 1 fully saturated rings. The predicted molar refractivity (Wildman–Crippen MR) is 98.4 cm³/mol. The van der Waals surface area contributed by atoms with Crippen LogP contribution in [-0.4, -0.2) is 39.9 Å². The summed E-state index contributed by atoms with van der Waals surface area (Å²) < 4.78 is 0. The van der Waals surface area contributed by atoms with E-state index < -0.39 is 12.0 Å². The van der Waals surface area contributed by atoms with Crippen molar-refractivity contribution in [2.75, 3.05) is 0 Å². The summed E-state index contributed by atoms with van der Waals surface area (Å²) in [5, 5.41) is 12.5. The summed E-state index contributed by atoms with van der Waals surface area (Å²) in [4.78, 5) is 38.1. The molecular formula is C21H20N2O4. The number of nitrogens with zero attached hydrogens (tertiary/aromatic N) is 1. The topological polar surface area (TPSA) is 86.7 Å². The van der Waals surface area contributed by atoms with E-state index in [2.05, 4.69) is 5.32 Å². The van der Waals surface area contributed by atoms with Crippen molar-refractivity contribution in [1.29, 1.82) is 0 Å². The van der Waals surface area contributed by atoms with Crippen LogP contribution in [0.25, 0.3) is 0 Å². The van der Waals surface area contributed by atoms with Gasteiger partial charge in [-0.05, 0) is 48.2 Å². The highest BCUT2D eigenvalue weighted by atomic mass is 16.4. The van der Waals surface area contributed by atoms with Crippen molar-refractivity contribution in [3.8, 4) is 0 Å². The first-order valence-corrected chi connectivity index (χ1v) is 9.04. The molecule has 0 radical (unpaired) electrons. The molecule has 138 valence electrons. The minimum absolute atomic E-state index is 0.146. The van der Waals surface area contributed by atoms with E-state index in [-0.39, 0.29) is 24.4 Å². The summed E-state index contributed by atoms with van der Waals surface area (Å²) in [6.45, 7) is 0.260. The zero-order chi connectivity index (χ0) is 19.0. The Hall–Kier alpha value is -3.15. The Morgan fingerprint density at radius 1 is 0.926 bits per heavy atom. The zero-order valence-corrected chi connectivity index (χ0v) is 14.7. The highest BCUT2D eigenvalue weighted by Gasteiger charge is 2.35. The number of carbonyl (C=O) groups is 3. The average molecular weight is 364 g/mol. The predicted octanol–water partition coefficient (Wildman–Crippen LogP) is 2.23. The maximum atomic E-state index is 13.0. The number of rotatable bonds is 4. The van der Waals surface area contributed by atoms with Crippen molar-refractivity contribution in [1.82, 2.24) is 10.2 Å². The number of hydrogen-bond acceptors (Lipinski definition) is 3. The third-order valence-corrected chi connectivity index (χ3v) is 5.10. The molecule has 1 aliphatic heterocycles. The maximum absolute atomic E-state index is 13.0. The van der Waals surface area contributed by atoms with E-state index in [1.807, 2.05) is 24.3 Å². The molecule has 2 aromatic carbocycles. The van der Waals surface area contributed by atoms with Crippen LogP contribution in [0, 0.1) is 0 Å². The summed E-state index contributed by atoms with van der Waals surface area (Å²) in [5.41, 5.74) is 2.80. The molecule has 27 heavy (non-hydrogen) atoms. The van der Waals surface area contributed by atoms with Gasteiger partial charge in [0.2, 0.25) is 0 Å². The zero-order valence-electron chi connectivity index (χ0n) is 14.7. The third-order valence-electron chi connectivity index (χ3n) is 5.10. The Kier molecular flexibility index (Phi) is 4.39. The number of fused-ring (bicyclic) bond motifs is 1. The normalized spacial score (nSPS) is 18.5. The molecule has 0 aromatic heterocycles. The van der Waals surface area contributed by atoms with Gasteiger partial charge in [0, 0.05) is 30.1 Å². The lowest BCUT2D eigenvalue weighted by atomic mass is 9.93. The molecule has 2 aromatic rings. The summed E-state index contributed by atoms with van der Waals surface area (Å²) in [6, 6.07) is 13.3. The van der Waals surface area contributed by atoms with E-state index >= 15 is 0 Å². The summed E-state index contributed by atoms with van der Waals surface area (Å²) in [6.07, 6.45) is 2.31. The lowest BCUT2D eigenvalue weighted by molar-refractivity contribution is -0.142. The van der Waals surface area contributed by atoms with Crippen LogP contribution >= 0.6 is 0 Å². The number of hydrogen-bond donors (Lipinski definition) is 2. The summed E-state index contributed by atoms with van der Waals surface area (Å²) in [7, 11) is 0. The molecule has 6 nitrogen and oxygen atoms in total. The Morgan fingerprint density at radius 3 is 2.19 bits per heavy atom. The highest BCUT2D eigenvalue weighted by Crippen LogP contribution is 2.25. The minimum Gasteiger partial charge on any atom is -0.480 e. The molecule has 6 heteroatoms. The molecule has 1 atom stereocenters. The molecule has 1 unspecified atom stereocenters. The second-order valence-electron chi connectivity index (χ2n) is 7.09. The van der Waals surface area contributed by atoms with Gasteiger partial charge in [-0.2, -0.15) is 0 Å². The quantitative estimate of drug-likeness (QED) is 0.871. The van der Waals surface area contributed by atoms with Crippen molar-refractivity contribution >= 4 is 17.8 Å². The van der Waals surface area contributed by atoms with Crippen LogP contribution in [0.4, 0.5) is 0 Å². The van der Waals surface area contributed by atoms with E-state index in [4.69, 9.17) is 0 Å². The molecule has 1 saturated carbocycles. The molecule has 0 bridgehead atoms. The largest absolute Gasteiger partial charge is 0.480 e. The van der Waals surface area contributed by atoms with Gasteiger partial charge in [0.15, 0.2) is 0 Å². The Balaban J connectivity index is 1.55. The maximum Gasteiger partial charge on any atom is 0.326 e. The Labute approximate surface area is 156 Å². The van der Waals surface area contributed by atoms with Gasteiger partial charge in [-0.3, -0.25) is 9.59 Å². The first-order valence-electron chi connectivity index (χ1n) is 9.04. The van der Waals surface area contributed by atoms with Crippen molar-refractivity contribution in [3.05, 3.63) is 70.8 Å². The number of carboxylic acids is 1. The van der Waals surface area contributed by atoms with Crippen LogP contribution < -0.4 is 5.32 Å². The van der Waals surface area contributed by atoms with Crippen LogP contribution in [0.5, 0.6) is 0 Å². The van der Waals surface area contributed by atoms with Gasteiger partial charge >= 0.3 is 5.97 Å². The average Bonchev–Trinajstić information content (AvgIpc) is 3.50. The van der Waals surface area contributed by atoms with Crippen molar-refractivity contribution in [2.45, 2.75) is 37.9 Å². The highest BCUT2D eigenvalue weighted by molar-refractivity contribution is 5.99. The van der Waals surface area contributed by atoms with Crippen LogP contribution in [0.3, 0.4) is 0 Å². The number of aliphatic carboxylic acids is 1. The molecule has 2 N–H and O–H groups in total. The Morgan fingerprint density at radius 2 is 1.56 bits per heavy atom. The number of benzene rings is 2. The first kappa shape index (κ1) is 17.3. The van der Waals surface area contributed by atoms with Crippen molar-refractivity contribution in [3.63, 3.8) is 0 Å². The molecule has 2 aliphatic rings. The standard InChI is InChI=1S/C21H20N2O4/c24-19(22-17-9-10-17)13-5-7-14(8-6-13)20(25)23-12-16-4-2-1-3-15(16)11-18(23)21(26)27/h1-8,17-18H,9-12H2,(H,22,24)(H,26,27). The van der Waals surface area contributed by atoms with E-state index in [0.717, 1.165) is 24.0 Å². The van der Waals surface area contributed by atoms with Crippen molar-refractivity contribution < 1.29 is 19.5 Å². The van der Waals surface area contributed by atoms with Crippen LogP contribution in [0.2, 0.25) is 0 Å². The minimum atomic E-state index is -1.02. The van der Waals surface area contributed by atoms with Gasteiger partial charge in [-0.1, -0.05) is 24.3 Å². The van der Waals surface area contributed by atoms with Gasteiger partial charge in [-0.25, -0.2) is 4.79 Å². The monoisotopic (exact) mass is 364 g/mol. The van der Waals surface area contributed by atoms with E-state index in [0.29, 0.717) is 17.5 Å². The molecule has 0 spiro atoms. The Bertz CT molecular complexity index is 903. The van der Waals surface area contributed by atoms with E-state index in [1.165, 1.54) is 4.90 Å². The van der Waals surface area contributed by atoms with Gasteiger partial charge in [0.05, 0.1) is 0 Å². The SMILES string of the molecule is O=C(NC1CC1)c1ccc(C(=O)N2Cc3ccccc3CC2C(=O)O)cc1. The number of nitrogens with one attached hydrogen (secondary N) is 1. The second kappa shape index (κ2) is 6.87. The van der Waals surface area contributed by atoms with E-state index in [9.17, 15) is 19.5 Å². The van der Waals surface area contributed by atoms with Gasteiger partial charge in [0.1, 0.15) is 6.04 Å². The van der Waals surface area contributed by atoms with Gasteiger partial charge in [-0.15, -0.1) is 0 Å². The van der Waals surface area contributed by atoms with Crippen molar-refractivity contribution in [2.24, 2.45) is 0 Å². The summed E-state index contributed by atoms with van der Waals surface area (Å²) in [5.74, 6) is -1.50. The van der Waals surface area contributed by atoms with Crippen LogP contribution in [0.15, 0.2) is 48.5 Å². The van der Waals surface area contributed by atoms with E-state index in [1.54, 1.807) is 24.3 Å². The van der Waals surface area contributed by atoms with Crippen LogP contribution in [-0.2, 0) is 17.8 Å². The second-order valence-corrected chi connectivity index (χ2v) is 7.09. The number of carboxylic acid groups (broad SMARTS) is 1.